The molecule has 0 radical (unpaired) electrons. The molecule has 3 atom stereocenters. The Hall–Kier alpha value is -0.640. The molecule has 0 bridgehead atoms. The molecule has 1 saturated heterocycles. The summed E-state index contributed by atoms with van der Waals surface area (Å²) in [6.07, 6.45) is -0.345. The van der Waals surface area contributed by atoms with Gasteiger partial charge in [-0.2, -0.15) is 0 Å². The maximum Gasteiger partial charge on any atom is 0.130 e. The zero-order valence-electron chi connectivity index (χ0n) is 8.99. The predicted octanol–water partition coefficient (Wildman–Crippen LogP) is 2.94. The summed E-state index contributed by atoms with van der Waals surface area (Å²) in [7, 11) is 0. The molecule has 1 aliphatic rings. The first kappa shape index (κ1) is 11.8. The van der Waals surface area contributed by atoms with Crippen LogP contribution in [0.3, 0.4) is 0 Å². The first-order chi connectivity index (χ1) is 7.59. The average Bonchev–Trinajstić information content (AvgIpc) is 2.63. The van der Waals surface area contributed by atoms with E-state index in [1.807, 2.05) is 6.92 Å². The molecule has 1 fully saturated rings. The van der Waals surface area contributed by atoms with Crippen LogP contribution in [0.4, 0.5) is 4.39 Å². The molecule has 16 heavy (non-hydrogen) atoms. The van der Waals surface area contributed by atoms with Crippen LogP contribution in [0.5, 0.6) is 0 Å². The molecule has 3 unspecified atom stereocenters. The molecule has 1 N–H and O–H groups in total. The van der Waals surface area contributed by atoms with E-state index in [1.165, 1.54) is 12.1 Å². The van der Waals surface area contributed by atoms with Crippen molar-refractivity contribution in [1.82, 2.24) is 0 Å². The van der Waals surface area contributed by atoms with E-state index in [0.29, 0.717) is 11.6 Å². The third kappa shape index (κ3) is 2.21. The van der Waals surface area contributed by atoms with Crippen LogP contribution < -0.4 is 0 Å². The fraction of sp³-hybridized carbons (Fsp3) is 0.500. The zero-order valence-corrected chi connectivity index (χ0v) is 9.75. The Kier molecular flexibility index (Phi) is 3.47. The van der Waals surface area contributed by atoms with Gasteiger partial charge in [0.1, 0.15) is 11.9 Å². The molecule has 2 nitrogen and oxygen atoms in total. The molecular formula is C12H14ClFO2. The normalized spacial score (nSPS) is 27.0. The number of benzene rings is 1. The van der Waals surface area contributed by atoms with Crippen LogP contribution in [-0.4, -0.2) is 17.8 Å². The molecule has 4 heteroatoms. The summed E-state index contributed by atoms with van der Waals surface area (Å²) in [6.45, 7) is 2.62. The third-order valence-corrected chi connectivity index (χ3v) is 3.27. The van der Waals surface area contributed by atoms with E-state index < -0.39 is 11.9 Å². The number of hydrogen-bond acceptors (Lipinski definition) is 2. The molecule has 0 amide bonds. The highest BCUT2D eigenvalue weighted by Crippen LogP contribution is 2.32. The number of rotatable bonds is 2. The largest absolute Gasteiger partial charge is 0.386 e. The third-order valence-electron chi connectivity index (χ3n) is 3.04. The summed E-state index contributed by atoms with van der Waals surface area (Å²) in [5.74, 6) is -0.243. The van der Waals surface area contributed by atoms with Crippen LogP contribution in [0.1, 0.15) is 25.0 Å². The second-order valence-corrected chi connectivity index (χ2v) is 4.65. The molecule has 1 aromatic rings. The van der Waals surface area contributed by atoms with Crippen LogP contribution in [0, 0.1) is 11.7 Å². The van der Waals surface area contributed by atoms with Crippen molar-refractivity contribution in [2.45, 2.75) is 25.6 Å². The van der Waals surface area contributed by atoms with Gasteiger partial charge in [0, 0.05) is 17.2 Å². The van der Waals surface area contributed by atoms with Gasteiger partial charge in [-0.1, -0.05) is 24.6 Å². The summed E-state index contributed by atoms with van der Waals surface area (Å²) in [4.78, 5) is 0. The Bertz CT molecular complexity index is 383. The number of ether oxygens (including phenoxy) is 1. The minimum Gasteiger partial charge on any atom is -0.386 e. The van der Waals surface area contributed by atoms with E-state index in [4.69, 9.17) is 16.3 Å². The monoisotopic (exact) mass is 244 g/mol. The second-order valence-electron chi connectivity index (χ2n) is 4.21. The minimum atomic E-state index is -0.922. The molecule has 1 aromatic carbocycles. The molecule has 0 spiro atoms. The van der Waals surface area contributed by atoms with Gasteiger partial charge in [-0.3, -0.25) is 0 Å². The average molecular weight is 245 g/mol. The Morgan fingerprint density at radius 1 is 1.56 bits per heavy atom. The lowest BCUT2D eigenvalue weighted by Gasteiger charge is -2.22. The number of aliphatic hydroxyl groups is 1. The summed E-state index contributed by atoms with van der Waals surface area (Å²) in [6, 6.07) is 4.29. The van der Waals surface area contributed by atoms with Crippen LogP contribution >= 0.6 is 11.6 Å². The molecule has 2 rings (SSSR count). The van der Waals surface area contributed by atoms with Crippen LogP contribution in [0.25, 0.3) is 0 Å². The zero-order chi connectivity index (χ0) is 11.7. The van der Waals surface area contributed by atoms with E-state index in [9.17, 15) is 9.50 Å². The summed E-state index contributed by atoms with van der Waals surface area (Å²) >= 11 is 5.66. The van der Waals surface area contributed by atoms with Crippen molar-refractivity contribution in [2.24, 2.45) is 5.92 Å². The number of halogens is 2. The molecule has 0 saturated carbocycles. The lowest BCUT2D eigenvalue weighted by molar-refractivity contribution is -0.0193. The van der Waals surface area contributed by atoms with Gasteiger partial charge in [-0.05, 0) is 24.5 Å². The highest BCUT2D eigenvalue weighted by molar-refractivity contribution is 6.30. The van der Waals surface area contributed by atoms with Crippen molar-refractivity contribution in [3.05, 3.63) is 34.6 Å². The van der Waals surface area contributed by atoms with Gasteiger partial charge >= 0.3 is 0 Å². The van der Waals surface area contributed by atoms with Crippen molar-refractivity contribution < 1.29 is 14.2 Å². The highest BCUT2D eigenvalue weighted by atomic mass is 35.5. The summed E-state index contributed by atoms with van der Waals surface area (Å²) < 4.78 is 19.0. The number of hydrogen-bond donors (Lipinski definition) is 1. The molecule has 0 aliphatic carbocycles. The molecule has 0 aromatic heterocycles. The number of aliphatic hydroxyl groups excluding tert-OH is 1. The molecule has 88 valence electrons. The first-order valence-corrected chi connectivity index (χ1v) is 5.72. The van der Waals surface area contributed by atoms with Gasteiger partial charge < -0.3 is 9.84 Å². The Morgan fingerprint density at radius 2 is 2.31 bits per heavy atom. The Labute approximate surface area is 99.0 Å². The topological polar surface area (TPSA) is 29.5 Å². The maximum absolute atomic E-state index is 13.6. The molecule has 1 aliphatic heterocycles. The smallest absolute Gasteiger partial charge is 0.130 e. The lowest BCUT2D eigenvalue weighted by atomic mass is 9.94. The standard InChI is InChI=1S/C12H14ClFO2/c1-7-4-5-16-12(7)11(15)9-3-2-8(13)6-10(9)14/h2-3,6-7,11-12,15H,4-5H2,1H3. The summed E-state index contributed by atoms with van der Waals surface area (Å²) in [5, 5.41) is 10.4. The van der Waals surface area contributed by atoms with E-state index >= 15 is 0 Å². The van der Waals surface area contributed by atoms with Crippen molar-refractivity contribution in [3.8, 4) is 0 Å². The minimum absolute atomic E-state index is 0.241. The SMILES string of the molecule is CC1CCOC1C(O)c1ccc(Cl)cc1F. The van der Waals surface area contributed by atoms with E-state index in [1.54, 1.807) is 6.07 Å². The molecule has 1 heterocycles. The Morgan fingerprint density at radius 3 is 2.88 bits per heavy atom. The van der Waals surface area contributed by atoms with Crippen molar-refractivity contribution >= 4 is 11.6 Å². The van der Waals surface area contributed by atoms with E-state index in [2.05, 4.69) is 0 Å². The van der Waals surface area contributed by atoms with Gasteiger partial charge in [0.15, 0.2) is 0 Å². The van der Waals surface area contributed by atoms with Gasteiger partial charge in [0.2, 0.25) is 0 Å². The van der Waals surface area contributed by atoms with Crippen LogP contribution in [0.15, 0.2) is 18.2 Å². The second kappa shape index (κ2) is 4.70. The Balaban J connectivity index is 2.23. The molecular weight excluding hydrogens is 231 g/mol. The van der Waals surface area contributed by atoms with Crippen LogP contribution in [-0.2, 0) is 4.74 Å². The van der Waals surface area contributed by atoms with Gasteiger partial charge in [0.25, 0.3) is 0 Å². The van der Waals surface area contributed by atoms with E-state index in [0.717, 1.165) is 6.42 Å². The summed E-state index contributed by atoms with van der Waals surface area (Å²) in [5.41, 5.74) is 0.253. The maximum atomic E-state index is 13.6. The quantitative estimate of drug-likeness (QED) is 0.867. The van der Waals surface area contributed by atoms with Gasteiger partial charge in [0.05, 0.1) is 6.10 Å². The lowest BCUT2D eigenvalue weighted by Crippen LogP contribution is -2.23. The van der Waals surface area contributed by atoms with Crippen molar-refractivity contribution in [1.29, 1.82) is 0 Å². The van der Waals surface area contributed by atoms with Crippen molar-refractivity contribution in [2.75, 3.05) is 6.61 Å². The van der Waals surface area contributed by atoms with Crippen molar-refractivity contribution in [3.63, 3.8) is 0 Å². The highest BCUT2D eigenvalue weighted by Gasteiger charge is 2.33. The van der Waals surface area contributed by atoms with Gasteiger partial charge in [-0.25, -0.2) is 4.39 Å². The van der Waals surface area contributed by atoms with Gasteiger partial charge in [-0.15, -0.1) is 0 Å². The predicted molar refractivity (Wildman–Crippen MR) is 59.9 cm³/mol. The van der Waals surface area contributed by atoms with Crippen LogP contribution in [0.2, 0.25) is 5.02 Å². The fourth-order valence-electron chi connectivity index (χ4n) is 2.04. The van der Waals surface area contributed by atoms with E-state index in [-0.39, 0.29) is 17.6 Å². The fourth-order valence-corrected chi connectivity index (χ4v) is 2.20. The first-order valence-electron chi connectivity index (χ1n) is 5.34.